The highest BCUT2D eigenvalue weighted by Gasteiger charge is 2.05. The van der Waals surface area contributed by atoms with E-state index < -0.39 is 0 Å². The number of ether oxygens (including phenoxy) is 1. The molecule has 0 saturated carbocycles. The van der Waals surface area contributed by atoms with Gasteiger partial charge in [0, 0.05) is 28.2 Å². The van der Waals surface area contributed by atoms with Crippen molar-refractivity contribution in [3.05, 3.63) is 58.7 Å². The molecule has 0 aliphatic heterocycles. The largest absolute Gasteiger partial charge is 0.481 e. The number of nitrogens with zero attached hydrogens (tertiary/aromatic N) is 2. The van der Waals surface area contributed by atoms with Crippen LogP contribution in [0.1, 0.15) is 5.56 Å². The second-order valence-corrected chi connectivity index (χ2v) is 5.39. The van der Waals surface area contributed by atoms with Crippen molar-refractivity contribution in [3.63, 3.8) is 0 Å². The van der Waals surface area contributed by atoms with Crippen LogP contribution in [0.2, 0.25) is 0 Å². The quantitative estimate of drug-likeness (QED) is 0.777. The smallest absolute Gasteiger partial charge is 0.218 e. The van der Waals surface area contributed by atoms with Crippen LogP contribution in [0.25, 0.3) is 10.9 Å². The Labute approximate surface area is 131 Å². The molecule has 3 rings (SSSR count). The van der Waals surface area contributed by atoms with Crippen molar-refractivity contribution in [1.82, 2.24) is 9.97 Å². The molecule has 0 aliphatic rings. The normalized spacial score (nSPS) is 10.6. The Kier molecular flexibility index (Phi) is 4.01. The summed E-state index contributed by atoms with van der Waals surface area (Å²) in [4.78, 5) is 8.81. The number of hydrogen-bond donors (Lipinski definition) is 1. The average molecular weight is 344 g/mol. The minimum Gasteiger partial charge on any atom is -0.481 e. The van der Waals surface area contributed by atoms with Crippen molar-refractivity contribution in [1.29, 1.82) is 0 Å². The zero-order valence-electron chi connectivity index (χ0n) is 11.5. The highest BCUT2D eigenvalue weighted by atomic mass is 79.9. The van der Waals surface area contributed by atoms with Crippen molar-refractivity contribution in [2.75, 3.05) is 12.4 Å². The van der Waals surface area contributed by atoms with E-state index in [-0.39, 0.29) is 0 Å². The lowest BCUT2D eigenvalue weighted by Crippen LogP contribution is -2.04. The number of halogens is 1. The monoisotopic (exact) mass is 343 g/mol. The van der Waals surface area contributed by atoms with Gasteiger partial charge in [0.05, 0.1) is 12.6 Å². The van der Waals surface area contributed by atoms with Crippen LogP contribution >= 0.6 is 15.9 Å². The summed E-state index contributed by atoms with van der Waals surface area (Å²) in [6.45, 7) is 0.611. The Balaban J connectivity index is 1.84. The summed E-state index contributed by atoms with van der Waals surface area (Å²) >= 11 is 3.53. The summed E-state index contributed by atoms with van der Waals surface area (Å²) in [5.41, 5.74) is 1.94. The first-order valence-corrected chi connectivity index (χ1v) is 7.34. The van der Waals surface area contributed by atoms with Crippen LogP contribution in [0.3, 0.4) is 0 Å². The first-order chi connectivity index (χ1) is 10.3. The molecule has 0 radical (unpaired) electrons. The number of para-hydroxylation sites is 1. The van der Waals surface area contributed by atoms with Crippen molar-refractivity contribution in [3.8, 4) is 5.88 Å². The lowest BCUT2D eigenvalue weighted by Gasteiger charge is -2.10. The maximum atomic E-state index is 5.24. The van der Waals surface area contributed by atoms with Crippen molar-refractivity contribution < 1.29 is 4.74 Å². The van der Waals surface area contributed by atoms with Crippen LogP contribution in [0.4, 0.5) is 5.82 Å². The molecule has 0 fully saturated rings. The Hall–Kier alpha value is -2.14. The van der Waals surface area contributed by atoms with E-state index >= 15 is 0 Å². The molecule has 2 heterocycles. The van der Waals surface area contributed by atoms with E-state index in [0.29, 0.717) is 12.4 Å². The fourth-order valence-corrected chi connectivity index (χ4v) is 2.61. The van der Waals surface area contributed by atoms with Crippen LogP contribution in [0.15, 0.2) is 53.1 Å². The van der Waals surface area contributed by atoms with E-state index in [2.05, 4.69) is 37.3 Å². The number of hydrogen-bond acceptors (Lipinski definition) is 4. The summed E-state index contributed by atoms with van der Waals surface area (Å²) in [6, 6.07) is 13.9. The summed E-state index contributed by atoms with van der Waals surface area (Å²) in [5, 5.41) is 4.41. The van der Waals surface area contributed by atoms with Gasteiger partial charge >= 0.3 is 0 Å². The van der Waals surface area contributed by atoms with Gasteiger partial charge in [-0.1, -0.05) is 18.2 Å². The van der Waals surface area contributed by atoms with Gasteiger partial charge in [0.1, 0.15) is 5.82 Å². The average Bonchev–Trinajstić information content (AvgIpc) is 2.54. The van der Waals surface area contributed by atoms with Crippen LogP contribution in [-0.4, -0.2) is 17.1 Å². The molecule has 0 saturated heterocycles. The van der Waals surface area contributed by atoms with Crippen LogP contribution in [0.5, 0.6) is 5.88 Å². The topological polar surface area (TPSA) is 47.0 Å². The molecule has 2 aromatic heterocycles. The van der Waals surface area contributed by atoms with Gasteiger partial charge < -0.3 is 10.1 Å². The van der Waals surface area contributed by atoms with E-state index in [4.69, 9.17) is 4.74 Å². The minimum absolute atomic E-state index is 0.611. The molecule has 0 bridgehead atoms. The molecule has 0 atom stereocenters. The Morgan fingerprint density at radius 1 is 1.14 bits per heavy atom. The predicted octanol–water partition coefficient (Wildman–Crippen LogP) is 4.01. The van der Waals surface area contributed by atoms with E-state index in [1.165, 1.54) is 0 Å². The molecule has 5 heteroatoms. The number of fused-ring (bicyclic) bond motifs is 1. The second-order valence-electron chi connectivity index (χ2n) is 4.53. The zero-order chi connectivity index (χ0) is 14.7. The van der Waals surface area contributed by atoms with Gasteiger partial charge in [-0.15, -0.1) is 0 Å². The summed E-state index contributed by atoms with van der Waals surface area (Å²) in [6.07, 6.45) is 1.72. The van der Waals surface area contributed by atoms with Gasteiger partial charge in [-0.25, -0.2) is 9.97 Å². The summed E-state index contributed by atoms with van der Waals surface area (Å²) in [5.74, 6) is 1.45. The zero-order valence-corrected chi connectivity index (χ0v) is 13.1. The van der Waals surface area contributed by atoms with E-state index in [1.807, 2.05) is 36.4 Å². The van der Waals surface area contributed by atoms with Gasteiger partial charge in [0.25, 0.3) is 0 Å². The van der Waals surface area contributed by atoms with E-state index in [9.17, 15) is 0 Å². The molecular weight excluding hydrogens is 330 g/mol. The number of pyridine rings is 2. The third kappa shape index (κ3) is 2.97. The van der Waals surface area contributed by atoms with Crippen LogP contribution in [0, 0.1) is 0 Å². The van der Waals surface area contributed by atoms with E-state index in [0.717, 1.165) is 26.8 Å². The Morgan fingerprint density at radius 2 is 2.05 bits per heavy atom. The molecule has 21 heavy (non-hydrogen) atoms. The fraction of sp³-hybridized carbons (Fsp3) is 0.125. The third-order valence-electron chi connectivity index (χ3n) is 3.17. The molecule has 0 amide bonds. The molecule has 4 nitrogen and oxygen atoms in total. The van der Waals surface area contributed by atoms with Gasteiger partial charge in [0.2, 0.25) is 5.88 Å². The summed E-state index contributed by atoms with van der Waals surface area (Å²) < 4.78 is 6.23. The lowest BCUT2D eigenvalue weighted by molar-refractivity contribution is 0.393. The molecule has 0 unspecified atom stereocenters. The van der Waals surface area contributed by atoms with Gasteiger partial charge in [-0.2, -0.15) is 0 Å². The van der Waals surface area contributed by atoms with Crippen LogP contribution in [-0.2, 0) is 6.54 Å². The molecule has 3 aromatic rings. The number of benzene rings is 1. The number of anilines is 1. The Morgan fingerprint density at radius 3 is 2.90 bits per heavy atom. The first kappa shape index (κ1) is 13.8. The number of rotatable bonds is 4. The summed E-state index contributed by atoms with van der Waals surface area (Å²) in [7, 11) is 1.62. The van der Waals surface area contributed by atoms with E-state index in [1.54, 1.807) is 13.3 Å². The molecule has 106 valence electrons. The predicted molar refractivity (Wildman–Crippen MR) is 87.6 cm³/mol. The first-order valence-electron chi connectivity index (χ1n) is 6.55. The van der Waals surface area contributed by atoms with Crippen molar-refractivity contribution >= 4 is 32.7 Å². The number of aromatic nitrogens is 2. The standard InChI is InChI=1S/C16H14BrN3O/c1-21-16-12(5-3-9-18-16)10-19-14-8-7-11-4-2-6-13(17)15(11)20-14/h2-9H,10H2,1H3,(H,19,20). The lowest BCUT2D eigenvalue weighted by atomic mass is 10.2. The minimum atomic E-state index is 0.611. The maximum absolute atomic E-state index is 5.24. The van der Waals surface area contributed by atoms with Gasteiger partial charge in [-0.3, -0.25) is 0 Å². The van der Waals surface area contributed by atoms with Crippen molar-refractivity contribution in [2.24, 2.45) is 0 Å². The number of nitrogens with one attached hydrogen (secondary N) is 1. The SMILES string of the molecule is COc1ncccc1CNc1ccc2cccc(Br)c2n1. The highest BCUT2D eigenvalue weighted by molar-refractivity contribution is 9.10. The van der Waals surface area contributed by atoms with Gasteiger partial charge in [0.15, 0.2) is 0 Å². The van der Waals surface area contributed by atoms with Gasteiger partial charge in [-0.05, 0) is 40.2 Å². The molecular formula is C16H14BrN3O. The molecule has 1 aromatic carbocycles. The molecule has 0 aliphatic carbocycles. The fourth-order valence-electron chi connectivity index (χ4n) is 2.14. The van der Waals surface area contributed by atoms with Crippen molar-refractivity contribution in [2.45, 2.75) is 6.54 Å². The third-order valence-corrected chi connectivity index (χ3v) is 3.81. The van der Waals surface area contributed by atoms with Crippen LogP contribution < -0.4 is 10.1 Å². The second kappa shape index (κ2) is 6.10. The molecule has 0 spiro atoms. The highest BCUT2D eigenvalue weighted by Crippen LogP contribution is 2.24. The number of methoxy groups -OCH3 is 1. The maximum Gasteiger partial charge on any atom is 0.218 e. The molecule has 1 N–H and O–H groups in total. The Bertz CT molecular complexity index is 776.